The van der Waals surface area contributed by atoms with Crippen LogP contribution in [-0.4, -0.2) is 44.1 Å². The van der Waals surface area contributed by atoms with E-state index in [4.69, 9.17) is 9.47 Å². The van der Waals surface area contributed by atoms with Crippen molar-refractivity contribution in [2.24, 2.45) is 5.92 Å². The Morgan fingerprint density at radius 2 is 1.76 bits per heavy atom. The lowest BCUT2D eigenvalue weighted by atomic mass is 9.96. The molecule has 21 heavy (non-hydrogen) atoms. The third-order valence-corrected chi connectivity index (χ3v) is 3.90. The number of piperidine rings is 1. The Labute approximate surface area is 124 Å². The van der Waals surface area contributed by atoms with Crippen LogP contribution in [0, 0.1) is 5.92 Å². The molecule has 5 nitrogen and oxygen atoms in total. The average Bonchev–Trinajstić information content (AvgIpc) is 2.55. The van der Waals surface area contributed by atoms with E-state index in [0.717, 1.165) is 11.3 Å². The lowest BCUT2D eigenvalue weighted by Crippen LogP contribution is -2.41. The summed E-state index contributed by atoms with van der Waals surface area (Å²) in [6, 6.07) is 7.51. The van der Waals surface area contributed by atoms with Gasteiger partial charge >= 0.3 is 5.97 Å². The van der Waals surface area contributed by atoms with Gasteiger partial charge in [0.05, 0.1) is 26.6 Å². The summed E-state index contributed by atoms with van der Waals surface area (Å²) >= 11 is 0. The van der Waals surface area contributed by atoms with Crippen molar-refractivity contribution < 1.29 is 19.1 Å². The third kappa shape index (κ3) is 3.97. The zero-order valence-electron chi connectivity index (χ0n) is 12.5. The summed E-state index contributed by atoms with van der Waals surface area (Å²) in [6.07, 6.45) is 1.74. The molecule has 0 saturated carbocycles. The normalized spacial score (nSPS) is 15.6. The highest BCUT2D eigenvalue weighted by Gasteiger charge is 2.27. The molecule has 0 unspecified atom stereocenters. The highest BCUT2D eigenvalue weighted by molar-refractivity contribution is 5.79. The minimum Gasteiger partial charge on any atom is -0.497 e. The molecule has 1 aliphatic heterocycles. The summed E-state index contributed by atoms with van der Waals surface area (Å²) in [5, 5.41) is 0. The second kappa shape index (κ2) is 7.11. The molecule has 0 aliphatic carbocycles. The highest BCUT2D eigenvalue weighted by Crippen LogP contribution is 2.19. The van der Waals surface area contributed by atoms with Gasteiger partial charge in [-0.15, -0.1) is 0 Å². The topological polar surface area (TPSA) is 55.8 Å². The van der Waals surface area contributed by atoms with E-state index in [2.05, 4.69) is 0 Å². The standard InChI is InChI=1S/C16H21NO4/c1-20-14-5-3-12(4-6-14)11-15(18)17-9-7-13(8-10-17)16(19)21-2/h3-6,13H,7-11H2,1-2H3. The third-order valence-electron chi connectivity index (χ3n) is 3.90. The molecule has 2 rings (SSSR count). The summed E-state index contributed by atoms with van der Waals surface area (Å²) in [7, 11) is 3.02. The number of hydrogen-bond donors (Lipinski definition) is 0. The second-order valence-electron chi connectivity index (χ2n) is 5.20. The van der Waals surface area contributed by atoms with E-state index in [1.165, 1.54) is 7.11 Å². The Morgan fingerprint density at radius 1 is 1.14 bits per heavy atom. The van der Waals surface area contributed by atoms with Crippen molar-refractivity contribution >= 4 is 11.9 Å². The Kier molecular flexibility index (Phi) is 5.20. The Bertz CT molecular complexity index is 490. The van der Waals surface area contributed by atoms with Crippen LogP contribution in [0.5, 0.6) is 5.75 Å². The van der Waals surface area contributed by atoms with Gasteiger partial charge in [-0.1, -0.05) is 12.1 Å². The van der Waals surface area contributed by atoms with Crippen LogP contribution in [0.2, 0.25) is 0 Å². The smallest absolute Gasteiger partial charge is 0.308 e. The molecule has 1 fully saturated rings. The molecule has 1 aliphatic rings. The number of likely N-dealkylation sites (tertiary alicyclic amines) is 1. The first-order chi connectivity index (χ1) is 10.1. The van der Waals surface area contributed by atoms with Crippen molar-refractivity contribution in [1.82, 2.24) is 4.90 Å². The molecule has 114 valence electrons. The lowest BCUT2D eigenvalue weighted by Gasteiger charge is -2.30. The number of esters is 1. The fraction of sp³-hybridized carbons (Fsp3) is 0.500. The van der Waals surface area contributed by atoms with E-state index in [1.54, 1.807) is 7.11 Å². The number of amides is 1. The fourth-order valence-electron chi connectivity index (χ4n) is 2.56. The summed E-state index contributed by atoms with van der Waals surface area (Å²) in [4.78, 5) is 25.5. The van der Waals surface area contributed by atoms with Crippen LogP contribution in [-0.2, 0) is 20.7 Å². The molecule has 1 heterocycles. The van der Waals surface area contributed by atoms with Crippen LogP contribution in [0.1, 0.15) is 18.4 Å². The van der Waals surface area contributed by atoms with Crippen LogP contribution in [0.3, 0.4) is 0 Å². The average molecular weight is 291 g/mol. The Balaban J connectivity index is 1.85. The molecule has 0 radical (unpaired) electrons. The van der Waals surface area contributed by atoms with Crippen LogP contribution in [0.4, 0.5) is 0 Å². The van der Waals surface area contributed by atoms with Gasteiger partial charge in [0.15, 0.2) is 0 Å². The predicted octanol–water partition coefficient (Wildman–Crippen LogP) is 1.65. The molecule has 1 aromatic rings. The van der Waals surface area contributed by atoms with E-state index < -0.39 is 0 Å². The number of ether oxygens (including phenoxy) is 2. The molecule has 0 atom stereocenters. The summed E-state index contributed by atoms with van der Waals surface area (Å²) in [5.74, 6) is 0.644. The molecule has 0 spiro atoms. The predicted molar refractivity (Wildman–Crippen MR) is 78.0 cm³/mol. The van der Waals surface area contributed by atoms with Gasteiger partial charge in [-0.2, -0.15) is 0 Å². The number of nitrogens with zero attached hydrogens (tertiary/aromatic N) is 1. The number of hydrogen-bond acceptors (Lipinski definition) is 4. The second-order valence-corrected chi connectivity index (χ2v) is 5.20. The van der Waals surface area contributed by atoms with Crippen LogP contribution >= 0.6 is 0 Å². The van der Waals surface area contributed by atoms with E-state index in [9.17, 15) is 9.59 Å². The number of carbonyl (C=O) groups excluding carboxylic acids is 2. The Morgan fingerprint density at radius 3 is 2.29 bits per heavy atom. The van der Waals surface area contributed by atoms with Gasteiger partial charge in [-0.25, -0.2) is 0 Å². The van der Waals surface area contributed by atoms with Gasteiger partial charge in [-0.3, -0.25) is 9.59 Å². The van der Waals surface area contributed by atoms with Crippen molar-refractivity contribution in [1.29, 1.82) is 0 Å². The van der Waals surface area contributed by atoms with Crippen molar-refractivity contribution in [2.75, 3.05) is 27.3 Å². The number of benzene rings is 1. The van der Waals surface area contributed by atoms with Crippen LogP contribution in [0.15, 0.2) is 24.3 Å². The van der Waals surface area contributed by atoms with E-state index in [-0.39, 0.29) is 17.8 Å². The minimum absolute atomic E-state index is 0.0694. The zero-order chi connectivity index (χ0) is 15.2. The van der Waals surface area contributed by atoms with Gasteiger partial charge in [0, 0.05) is 13.1 Å². The number of methoxy groups -OCH3 is 2. The van der Waals surface area contributed by atoms with Crippen molar-refractivity contribution in [3.05, 3.63) is 29.8 Å². The molecule has 1 aromatic carbocycles. The summed E-state index contributed by atoms with van der Waals surface area (Å²) < 4.78 is 9.84. The first-order valence-electron chi connectivity index (χ1n) is 7.12. The fourth-order valence-corrected chi connectivity index (χ4v) is 2.56. The van der Waals surface area contributed by atoms with Crippen molar-refractivity contribution in [2.45, 2.75) is 19.3 Å². The minimum atomic E-state index is -0.169. The molecule has 1 amide bonds. The summed E-state index contributed by atoms with van der Waals surface area (Å²) in [5.41, 5.74) is 0.968. The van der Waals surface area contributed by atoms with Gasteiger partial charge < -0.3 is 14.4 Å². The Hall–Kier alpha value is -2.04. The largest absolute Gasteiger partial charge is 0.497 e. The molecular weight excluding hydrogens is 270 g/mol. The highest BCUT2D eigenvalue weighted by atomic mass is 16.5. The van der Waals surface area contributed by atoms with Gasteiger partial charge in [-0.05, 0) is 30.5 Å². The maximum atomic E-state index is 12.2. The molecule has 0 bridgehead atoms. The monoisotopic (exact) mass is 291 g/mol. The number of rotatable bonds is 4. The SMILES string of the molecule is COC(=O)C1CCN(C(=O)Cc2ccc(OC)cc2)CC1. The quantitative estimate of drug-likeness (QED) is 0.792. The lowest BCUT2D eigenvalue weighted by molar-refractivity contribution is -0.148. The van der Waals surface area contributed by atoms with E-state index in [1.807, 2.05) is 29.2 Å². The van der Waals surface area contributed by atoms with Gasteiger partial charge in [0.2, 0.25) is 5.91 Å². The first kappa shape index (κ1) is 15.4. The van der Waals surface area contributed by atoms with Gasteiger partial charge in [0.25, 0.3) is 0 Å². The molecule has 1 saturated heterocycles. The maximum Gasteiger partial charge on any atom is 0.308 e. The van der Waals surface area contributed by atoms with Crippen LogP contribution < -0.4 is 4.74 Å². The summed E-state index contributed by atoms with van der Waals surface area (Å²) in [6.45, 7) is 1.24. The first-order valence-corrected chi connectivity index (χ1v) is 7.12. The zero-order valence-corrected chi connectivity index (χ0v) is 12.5. The van der Waals surface area contributed by atoms with Crippen LogP contribution in [0.25, 0.3) is 0 Å². The van der Waals surface area contributed by atoms with E-state index in [0.29, 0.717) is 32.4 Å². The maximum absolute atomic E-state index is 12.2. The van der Waals surface area contributed by atoms with E-state index >= 15 is 0 Å². The molecule has 5 heteroatoms. The molecule has 0 N–H and O–H groups in total. The van der Waals surface area contributed by atoms with Crippen molar-refractivity contribution in [3.8, 4) is 5.75 Å². The molecule has 0 aromatic heterocycles. The molecular formula is C16H21NO4. The number of carbonyl (C=O) groups is 2. The van der Waals surface area contributed by atoms with Crippen molar-refractivity contribution in [3.63, 3.8) is 0 Å². The van der Waals surface area contributed by atoms with Gasteiger partial charge in [0.1, 0.15) is 5.75 Å².